The average molecular weight is 222 g/mol. The van der Waals surface area contributed by atoms with E-state index in [1.807, 2.05) is 43.5 Å². The van der Waals surface area contributed by atoms with Crippen LogP contribution in [0.25, 0.3) is 5.69 Å². The van der Waals surface area contributed by atoms with Crippen LogP contribution in [0.4, 0.5) is 0 Å². The van der Waals surface area contributed by atoms with E-state index in [1.165, 1.54) is 0 Å². The minimum atomic E-state index is -0.0614. The molecule has 2 N–H and O–H groups in total. The van der Waals surface area contributed by atoms with Gasteiger partial charge >= 0.3 is 0 Å². The Hall–Kier alpha value is -1.32. The van der Waals surface area contributed by atoms with Gasteiger partial charge in [-0.3, -0.25) is 0 Å². The molecule has 0 spiro atoms. The quantitative estimate of drug-likeness (QED) is 0.847. The predicted molar refractivity (Wildman–Crippen MR) is 61.2 cm³/mol. The monoisotopic (exact) mass is 221 g/mol. The van der Waals surface area contributed by atoms with E-state index >= 15 is 0 Å². The molecule has 0 radical (unpaired) electrons. The minimum absolute atomic E-state index is 0.0614. The molecule has 0 bridgehead atoms. The first kappa shape index (κ1) is 10.2. The minimum Gasteiger partial charge on any atom is -0.323 e. The summed E-state index contributed by atoms with van der Waals surface area (Å²) in [6.45, 7) is 1.90. The van der Waals surface area contributed by atoms with Crippen molar-refractivity contribution < 1.29 is 0 Å². The highest BCUT2D eigenvalue weighted by Crippen LogP contribution is 2.19. The second-order valence-corrected chi connectivity index (χ2v) is 3.83. The molecule has 0 fully saturated rings. The van der Waals surface area contributed by atoms with Gasteiger partial charge in [0.1, 0.15) is 0 Å². The van der Waals surface area contributed by atoms with Crippen molar-refractivity contribution in [1.82, 2.24) is 9.78 Å². The lowest BCUT2D eigenvalue weighted by atomic mass is 10.3. The van der Waals surface area contributed by atoms with Crippen LogP contribution in [0.3, 0.4) is 0 Å². The van der Waals surface area contributed by atoms with Crippen LogP contribution in [-0.2, 0) is 0 Å². The number of hydrogen-bond acceptors (Lipinski definition) is 2. The molecule has 0 saturated heterocycles. The van der Waals surface area contributed by atoms with E-state index in [1.54, 1.807) is 4.68 Å². The maximum Gasteiger partial charge on any atom is 0.0831 e. The second-order valence-electron chi connectivity index (χ2n) is 3.43. The van der Waals surface area contributed by atoms with Crippen molar-refractivity contribution in [3.05, 3.63) is 47.2 Å². The molecule has 0 aliphatic rings. The highest BCUT2D eigenvalue weighted by molar-refractivity contribution is 6.32. The first-order valence-electron chi connectivity index (χ1n) is 4.74. The van der Waals surface area contributed by atoms with Crippen molar-refractivity contribution in [3.63, 3.8) is 0 Å². The number of halogens is 1. The van der Waals surface area contributed by atoms with E-state index < -0.39 is 0 Å². The standard InChI is InChI=1S/C11H12ClN3/c1-8(13)10-6-7-15(14-10)11-5-3-2-4-9(11)12/h2-8H,13H2,1H3/t8-/m0/s1. The second kappa shape index (κ2) is 4.04. The third-order valence-corrected chi connectivity index (χ3v) is 2.50. The number of para-hydroxylation sites is 1. The molecule has 1 aromatic heterocycles. The molecule has 2 rings (SSSR count). The van der Waals surface area contributed by atoms with Gasteiger partial charge in [-0.15, -0.1) is 0 Å². The van der Waals surface area contributed by atoms with E-state index in [0.29, 0.717) is 5.02 Å². The lowest BCUT2D eigenvalue weighted by molar-refractivity contribution is 0.742. The summed E-state index contributed by atoms with van der Waals surface area (Å²) in [5.41, 5.74) is 7.46. The van der Waals surface area contributed by atoms with Crippen molar-refractivity contribution in [2.75, 3.05) is 0 Å². The third-order valence-electron chi connectivity index (χ3n) is 2.18. The zero-order valence-electron chi connectivity index (χ0n) is 8.39. The SMILES string of the molecule is C[C@H](N)c1ccn(-c2ccccc2Cl)n1. The number of benzene rings is 1. The van der Waals surface area contributed by atoms with Crippen LogP contribution in [0.2, 0.25) is 5.02 Å². The highest BCUT2D eigenvalue weighted by Gasteiger charge is 2.06. The number of nitrogens with two attached hydrogens (primary N) is 1. The smallest absolute Gasteiger partial charge is 0.0831 e. The van der Waals surface area contributed by atoms with Crippen LogP contribution in [0, 0.1) is 0 Å². The average Bonchev–Trinajstić information content (AvgIpc) is 2.67. The van der Waals surface area contributed by atoms with Crippen molar-refractivity contribution in [1.29, 1.82) is 0 Å². The molecule has 0 saturated carbocycles. The topological polar surface area (TPSA) is 43.8 Å². The van der Waals surface area contributed by atoms with Gasteiger partial charge in [-0.25, -0.2) is 4.68 Å². The summed E-state index contributed by atoms with van der Waals surface area (Å²) in [6.07, 6.45) is 1.86. The molecule has 3 nitrogen and oxygen atoms in total. The summed E-state index contributed by atoms with van der Waals surface area (Å²) in [6, 6.07) is 9.41. The fraction of sp³-hybridized carbons (Fsp3) is 0.182. The zero-order valence-corrected chi connectivity index (χ0v) is 9.15. The molecular formula is C11H12ClN3. The summed E-state index contributed by atoms with van der Waals surface area (Å²) in [5.74, 6) is 0. The van der Waals surface area contributed by atoms with Gasteiger partial charge in [-0.1, -0.05) is 23.7 Å². The van der Waals surface area contributed by atoms with Crippen molar-refractivity contribution in [2.24, 2.45) is 5.73 Å². The van der Waals surface area contributed by atoms with Crippen molar-refractivity contribution in [3.8, 4) is 5.69 Å². The molecule has 4 heteroatoms. The Morgan fingerprint density at radius 1 is 1.33 bits per heavy atom. The van der Waals surface area contributed by atoms with Gasteiger partial charge in [0.2, 0.25) is 0 Å². The van der Waals surface area contributed by atoms with Crippen molar-refractivity contribution in [2.45, 2.75) is 13.0 Å². The summed E-state index contributed by atoms with van der Waals surface area (Å²) in [7, 11) is 0. The van der Waals surface area contributed by atoms with Gasteiger partial charge in [-0.2, -0.15) is 5.10 Å². The van der Waals surface area contributed by atoms with Crippen LogP contribution < -0.4 is 5.73 Å². The fourth-order valence-electron chi connectivity index (χ4n) is 1.35. The highest BCUT2D eigenvalue weighted by atomic mass is 35.5. The Bertz CT molecular complexity index is 462. The maximum atomic E-state index is 6.06. The number of aromatic nitrogens is 2. The molecule has 0 aliphatic carbocycles. The Balaban J connectivity index is 2.42. The summed E-state index contributed by atoms with van der Waals surface area (Å²) in [5, 5.41) is 5.03. The maximum absolute atomic E-state index is 6.06. The Labute approximate surface area is 93.5 Å². The Kier molecular flexibility index (Phi) is 2.75. The lowest BCUT2D eigenvalue weighted by Crippen LogP contribution is -2.06. The fourth-order valence-corrected chi connectivity index (χ4v) is 1.57. The van der Waals surface area contributed by atoms with Gasteiger partial charge in [0.15, 0.2) is 0 Å². The van der Waals surface area contributed by atoms with E-state index in [-0.39, 0.29) is 6.04 Å². The lowest BCUT2D eigenvalue weighted by Gasteiger charge is -2.04. The molecule has 1 heterocycles. The number of hydrogen-bond donors (Lipinski definition) is 1. The van der Waals surface area contributed by atoms with E-state index in [4.69, 9.17) is 17.3 Å². The van der Waals surface area contributed by atoms with E-state index in [9.17, 15) is 0 Å². The molecular weight excluding hydrogens is 210 g/mol. The van der Waals surface area contributed by atoms with Gasteiger partial charge in [0.25, 0.3) is 0 Å². The molecule has 2 aromatic rings. The first-order chi connectivity index (χ1) is 7.18. The van der Waals surface area contributed by atoms with Crippen LogP contribution in [-0.4, -0.2) is 9.78 Å². The molecule has 78 valence electrons. The molecule has 1 aromatic carbocycles. The first-order valence-corrected chi connectivity index (χ1v) is 5.12. The number of nitrogens with zero attached hydrogens (tertiary/aromatic N) is 2. The van der Waals surface area contributed by atoms with Crippen LogP contribution >= 0.6 is 11.6 Å². The Morgan fingerprint density at radius 2 is 2.07 bits per heavy atom. The summed E-state index contributed by atoms with van der Waals surface area (Å²) >= 11 is 6.06. The van der Waals surface area contributed by atoms with Crippen molar-refractivity contribution >= 4 is 11.6 Å². The Morgan fingerprint density at radius 3 is 2.67 bits per heavy atom. The predicted octanol–water partition coefficient (Wildman–Crippen LogP) is 2.55. The molecule has 0 unspecified atom stereocenters. The van der Waals surface area contributed by atoms with Crippen LogP contribution in [0.5, 0.6) is 0 Å². The van der Waals surface area contributed by atoms with Crippen LogP contribution in [0.1, 0.15) is 18.7 Å². The van der Waals surface area contributed by atoms with Gasteiger partial charge in [0, 0.05) is 12.2 Å². The molecule has 0 aliphatic heterocycles. The van der Waals surface area contributed by atoms with Gasteiger partial charge in [0.05, 0.1) is 16.4 Å². The molecule has 15 heavy (non-hydrogen) atoms. The van der Waals surface area contributed by atoms with E-state index in [0.717, 1.165) is 11.4 Å². The normalized spacial score (nSPS) is 12.7. The number of rotatable bonds is 2. The molecule has 0 amide bonds. The zero-order chi connectivity index (χ0) is 10.8. The van der Waals surface area contributed by atoms with Crippen LogP contribution in [0.15, 0.2) is 36.5 Å². The molecule has 1 atom stereocenters. The van der Waals surface area contributed by atoms with Gasteiger partial charge in [-0.05, 0) is 25.1 Å². The largest absolute Gasteiger partial charge is 0.323 e. The third kappa shape index (κ3) is 2.03. The van der Waals surface area contributed by atoms with Gasteiger partial charge < -0.3 is 5.73 Å². The summed E-state index contributed by atoms with van der Waals surface area (Å²) in [4.78, 5) is 0. The summed E-state index contributed by atoms with van der Waals surface area (Å²) < 4.78 is 1.74. The van der Waals surface area contributed by atoms with E-state index in [2.05, 4.69) is 5.10 Å².